The van der Waals surface area contributed by atoms with Crippen LogP contribution in [-0.4, -0.2) is 11.1 Å². The van der Waals surface area contributed by atoms with Gasteiger partial charge in [-0.25, -0.2) is 9.78 Å². The van der Waals surface area contributed by atoms with Gasteiger partial charge >= 0.3 is 0 Å². The molecule has 0 bridgehead atoms. The topological polar surface area (TPSA) is 42.3 Å². The summed E-state index contributed by atoms with van der Waals surface area (Å²) in [5, 5.41) is 3.02. The van der Waals surface area contributed by atoms with Gasteiger partial charge in [-0.1, -0.05) is 13.8 Å². The highest BCUT2D eigenvalue weighted by Gasteiger charge is 2.04. The van der Waals surface area contributed by atoms with Crippen molar-refractivity contribution in [3.05, 3.63) is 16.1 Å². The van der Waals surface area contributed by atoms with E-state index in [-0.39, 0.29) is 0 Å². The lowest BCUT2D eigenvalue weighted by molar-refractivity contribution is 0.562. The summed E-state index contributed by atoms with van der Waals surface area (Å²) < 4.78 is 0. The average Bonchev–Trinajstić information content (AvgIpc) is 2.48. The van der Waals surface area contributed by atoms with E-state index < -0.39 is 0 Å². The fraction of sp³-hybridized carbons (Fsp3) is 0.500. The SMILES string of the molecule is CC(C)c1nc(CN=C=O)cs1. The van der Waals surface area contributed by atoms with E-state index in [1.807, 2.05) is 5.38 Å². The molecule has 1 heterocycles. The molecule has 0 aliphatic rings. The first-order valence-corrected chi connectivity index (χ1v) is 4.60. The summed E-state index contributed by atoms with van der Waals surface area (Å²) in [6.45, 7) is 4.53. The lowest BCUT2D eigenvalue weighted by atomic mass is 10.2. The molecule has 0 fully saturated rings. The quantitative estimate of drug-likeness (QED) is 0.530. The van der Waals surface area contributed by atoms with Crippen molar-refractivity contribution in [2.45, 2.75) is 26.3 Å². The molecule has 0 aliphatic carbocycles. The molecule has 0 saturated heterocycles. The van der Waals surface area contributed by atoms with Gasteiger partial charge in [0, 0.05) is 11.3 Å². The van der Waals surface area contributed by atoms with Crippen LogP contribution in [0.5, 0.6) is 0 Å². The van der Waals surface area contributed by atoms with Gasteiger partial charge in [0.1, 0.15) is 0 Å². The Morgan fingerprint density at radius 3 is 3.00 bits per heavy atom. The van der Waals surface area contributed by atoms with Gasteiger partial charge in [-0.05, 0) is 0 Å². The van der Waals surface area contributed by atoms with E-state index in [9.17, 15) is 4.79 Å². The molecule has 0 radical (unpaired) electrons. The minimum atomic E-state index is 0.354. The summed E-state index contributed by atoms with van der Waals surface area (Å²) in [5.74, 6) is 0.448. The van der Waals surface area contributed by atoms with Crippen LogP contribution in [0.15, 0.2) is 10.4 Å². The molecule has 4 heteroatoms. The Bertz CT molecular complexity index is 300. The fourth-order valence-electron chi connectivity index (χ4n) is 0.774. The second-order valence-corrected chi connectivity index (χ2v) is 3.63. The molecule has 64 valence electrons. The van der Waals surface area contributed by atoms with Crippen molar-refractivity contribution in [3.8, 4) is 0 Å². The fourth-order valence-corrected chi connectivity index (χ4v) is 1.60. The predicted octanol–water partition coefficient (Wildman–Crippen LogP) is 2.10. The van der Waals surface area contributed by atoms with Gasteiger partial charge < -0.3 is 0 Å². The maximum Gasteiger partial charge on any atom is 0.235 e. The molecule has 0 unspecified atom stereocenters. The number of hydrogen-bond acceptors (Lipinski definition) is 4. The second-order valence-electron chi connectivity index (χ2n) is 2.74. The number of nitrogens with zero attached hydrogens (tertiary/aromatic N) is 2. The van der Waals surface area contributed by atoms with Gasteiger partial charge in [0.15, 0.2) is 0 Å². The van der Waals surface area contributed by atoms with Crippen molar-refractivity contribution in [1.82, 2.24) is 4.98 Å². The largest absolute Gasteiger partial charge is 0.244 e. The maximum absolute atomic E-state index is 9.80. The molecule has 0 atom stereocenters. The Kier molecular flexibility index (Phi) is 3.14. The van der Waals surface area contributed by atoms with Crippen molar-refractivity contribution in [2.24, 2.45) is 4.99 Å². The monoisotopic (exact) mass is 182 g/mol. The van der Waals surface area contributed by atoms with Crippen LogP contribution in [0.25, 0.3) is 0 Å². The van der Waals surface area contributed by atoms with E-state index in [0.717, 1.165) is 10.7 Å². The Labute approximate surface area is 75.2 Å². The van der Waals surface area contributed by atoms with Crippen molar-refractivity contribution < 1.29 is 4.79 Å². The molecule has 12 heavy (non-hydrogen) atoms. The van der Waals surface area contributed by atoms with Crippen LogP contribution < -0.4 is 0 Å². The molecule has 0 aromatic carbocycles. The van der Waals surface area contributed by atoms with Crippen molar-refractivity contribution >= 4 is 17.4 Å². The number of rotatable bonds is 3. The number of hydrogen-bond donors (Lipinski definition) is 0. The minimum Gasteiger partial charge on any atom is -0.244 e. The van der Waals surface area contributed by atoms with Crippen LogP contribution in [0.2, 0.25) is 0 Å². The van der Waals surface area contributed by atoms with E-state index in [4.69, 9.17) is 0 Å². The Balaban J connectivity index is 2.70. The first-order chi connectivity index (χ1) is 5.74. The van der Waals surface area contributed by atoms with Gasteiger partial charge in [-0.3, -0.25) is 0 Å². The van der Waals surface area contributed by atoms with Crippen LogP contribution in [0.1, 0.15) is 30.5 Å². The zero-order chi connectivity index (χ0) is 8.97. The standard InChI is InChI=1S/C8H10N2OS/c1-6(2)8-10-7(4-12-8)3-9-5-11/h4,6H,3H2,1-2H3. The predicted molar refractivity (Wildman–Crippen MR) is 48.0 cm³/mol. The summed E-state index contributed by atoms with van der Waals surface area (Å²) in [4.78, 5) is 17.5. The third-order valence-corrected chi connectivity index (χ3v) is 2.56. The summed E-state index contributed by atoms with van der Waals surface area (Å²) >= 11 is 1.61. The third-order valence-electron chi connectivity index (χ3n) is 1.37. The summed E-state index contributed by atoms with van der Waals surface area (Å²) in [6.07, 6.45) is 1.49. The van der Waals surface area contributed by atoms with E-state index in [1.165, 1.54) is 6.08 Å². The van der Waals surface area contributed by atoms with Gasteiger partial charge in [0.05, 0.1) is 17.2 Å². The van der Waals surface area contributed by atoms with Gasteiger partial charge in [-0.2, -0.15) is 4.99 Å². The van der Waals surface area contributed by atoms with Gasteiger partial charge in [0.25, 0.3) is 0 Å². The zero-order valence-corrected chi connectivity index (χ0v) is 7.89. The van der Waals surface area contributed by atoms with Gasteiger partial charge in [0.2, 0.25) is 6.08 Å². The lowest BCUT2D eigenvalue weighted by Crippen LogP contribution is -1.87. The summed E-state index contributed by atoms with van der Waals surface area (Å²) in [5.41, 5.74) is 0.854. The molecule has 1 aromatic rings. The second kappa shape index (κ2) is 4.14. The molecule has 0 saturated carbocycles. The lowest BCUT2D eigenvalue weighted by Gasteiger charge is -1.95. The van der Waals surface area contributed by atoms with Crippen molar-refractivity contribution in [2.75, 3.05) is 0 Å². The van der Waals surface area contributed by atoms with Crippen LogP contribution >= 0.6 is 11.3 Å². The first-order valence-electron chi connectivity index (χ1n) is 3.72. The Morgan fingerprint density at radius 2 is 2.50 bits per heavy atom. The van der Waals surface area contributed by atoms with E-state index >= 15 is 0 Å². The van der Waals surface area contributed by atoms with Crippen LogP contribution in [-0.2, 0) is 11.3 Å². The minimum absolute atomic E-state index is 0.354. The first kappa shape index (κ1) is 9.10. The van der Waals surface area contributed by atoms with Crippen LogP contribution in [0, 0.1) is 0 Å². The summed E-state index contributed by atoms with van der Waals surface area (Å²) in [7, 11) is 0. The van der Waals surface area contributed by atoms with Crippen LogP contribution in [0.4, 0.5) is 0 Å². The number of aliphatic imine (C=N–C) groups is 1. The van der Waals surface area contributed by atoms with Crippen molar-refractivity contribution in [1.29, 1.82) is 0 Å². The van der Waals surface area contributed by atoms with Crippen LogP contribution in [0.3, 0.4) is 0 Å². The molecule has 1 rings (SSSR count). The van der Waals surface area contributed by atoms with E-state index in [1.54, 1.807) is 11.3 Å². The molecular weight excluding hydrogens is 172 g/mol. The Hall–Kier alpha value is -0.990. The van der Waals surface area contributed by atoms with E-state index in [0.29, 0.717) is 12.5 Å². The maximum atomic E-state index is 9.80. The Morgan fingerprint density at radius 1 is 1.75 bits per heavy atom. The molecular formula is C8H10N2OS. The van der Waals surface area contributed by atoms with E-state index in [2.05, 4.69) is 23.8 Å². The molecule has 1 aromatic heterocycles. The third kappa shape index (κ3) is 2.26. The summed E-state index contributed by atoms with van der Waals surface area (Å²) in [6, 6.07) is 0. The highest BCUT2D eigenvalue weighted by molar-refractivity contribution is 7.09. The highest BCUT2D eigenvalue weighted by Crippen LogP contribution is 2.19. The highest BCUT2D eigenvalue weighted by atomic mass is 32.1. The number of carbonyl (C=O) groups excluding carboxylic acids is 1. The van der Waals surface area contributed by atoms with Crippen molar-refractivity contribution in [3.63, 3.8) is 0 Å². The average molecular weight is 182 g/mol. The number of aromatic nitrogens is 1. The molecule has 3 nitrogen and oxygen atoms in total. The number of thiazole rings is 1. The van der Waals surface area contributed by atoms with Gasteiger partial charge in [-0.15, -0.1) is 11.3 Å². The molecule has 0 amide bonds. The number of isocyanates is 1. The molecule has 0 N–H and O–H groups in total. The molecule has 0 spiro atoms. The smallest absolute Gasteiger partial charge is 0.235 e. The normalized spacial score (nSPS) is 9.92. The molecule has 0 aliphatic heterocycles. The zero-order valence-electron chi connectivity index (χ0n) is 7.07.